The third kappa shape index (κ3) is 4.47. The fourth-order valence-electron chi connectivity index (χ4n) is 4.94. The van der Waals surface area contributed by atoms with E-state index in [1.165, 1.54) is 0 Å². The van der Waals surface area contributed by atoms with Crippen molar-refractivity contribution >= 4 is 23.7 Å². The van der Waals surface area contributed by atoms with Crippen LogP contribution in [0, 0.1) is 5.92 Å². The molecule has 168 valence electrons. The topological polar surface area (TPSA) is 95.9 Å². The van der Waals surface area contributed by atoms with Gasteiger partial charge in [-0.25, -0.2) is 4.79 Å². The van der Waals surface area contributed by atoms with Gasteiger partial charge >= 0.3 is 12.1 Å². The van der Waals surface area contributed by atoms with E-state index in [1.807, 2.05) is 61.5 Å². The summed E-state index contributed by atoms with van der Waals surface area (Å²) < 4.78 is 5.86. The molecule has 1 saturated carbocycles. The largest absolute Gasteiger partial charge is 0.481 e. The van der Waals surface area contributed by atoms with Gasteiger partial charge in [-0.2, -0.15) is 0 Å². The lowest BCUT2D eigenvalue weighted by molar-refractivity contribution is -0.139. The van der Waals surface area contributed by atoms with Gasteiger partial charge in [0.25, 0.3) is 0 Å². The average Bonchev–Trinajstić information content (AvgIpc) is 3.27. The number of anilines is 1. The number of ether oxygens (including phenoxy) is 1. The maximum Gasteiger partial charge on any atom is 0.415 e. The monoisotopic (exact) mass is 436 g/mol. The summed E-state index contributed by atoms with van der Waals surface area (Å²) in [7, 11) is 0. The molecule has 0 bridgehead atoms. The van der Waals surface area contributed by atoms with Gasteiger partial charge in [0, 0.05) is 18.4 Å². The first-order chi connectivity index (χ1) is 15.5. The minimum absolute atomic E-state index is 0.0539. The van der Waals surface area contributed by atoms with E-state index in [0.717, 1.165) is 36.1 Å². The van der Waals surface area contributed by atoms with Crippen molar-refractivity contribution in [2.24, 2.45) is 5.92 Å². The Morgan fingerprint density at radius 2 is 1.78 bits per heavy atom. The van der Waals surface area contributed by atoms with Crippen molar-refractivity contribution in [3.63, 3.8) is 0 Å². The molecule has 2 aliphatic rings. The van der Waals surface area contributed by atoms with Crippen LogP contribution in [0.15, 0.2) is 54.6 Å². The highest BCUT2D eigenvalue weighted by molar-refractivity contribution is 5.91. The average molecular weight is 437 g/mol. The Morgan fingerprint density at radius 3 is 2.53 bits per heavy atom. The number of aliphatic carboxylic acids is 1. The lowest BCUT2D eigenvalue weighted by atomic mass is 9.83. The molecule has 7 nitrogen and oxygen atoms in total. The lowest BCUT2D eigenvalue weighted by Crippen LogP contribution is -2.51. The van der Waals surface area contributed by atoms with Gasteiger partial charge in [-0.15, -0.1) is 0 Å². The summed E-state index contributed by atoms with van der Waals surface area (Å²) in [5.74, 6) is -1.23. The number of amides is 2. The molecule has 1 heterocycles. The first-order valence-corrected chi connectivity index (χ1v) is 11.1. The molecule has 32 heavy (non-hydrogen) atoms. The summed E-state index contributed by atoms with van der Waals surface area (Å²) >= 11 is 0. The van der Waals surface area contributed by atoms with E-state index in [1.54, 1.807) is 4.90 Å². The van der Waals surface area contributed by atoms with Gasteiger partial charge in [0.05, 0.1) is 18.2 Å². The van der Waals surface area contributed by atoms with Crippen LogP contribution in [0.3, 0.4) is 0 Å². The SMILES string of the molecule is CC(OC(=O)N1c2ccccc2C(NC(=O)CCC(=O)O)C2CCCC21)c1ccccc1. The maximum atomic E-state index is 13.3. The minimum atomic E-state index is -0.996. The molecule has 0 spiro atoms. The number of carbonyl (C=O) groups excluding carboxylic acids is 2. The molecule has 0 aromatic heterocycles. The number of nitrogens with one attached hydrogen (secondary N) is 1. The zero-order valence-electron chi connectivity index (χ0n) is 18.1. The highest BCUT2D eigenvalue weighted by Crippen LogP contribution is 2.48. The number of hydrogen-bond acceptors (Lipinski definition) is 4. The van der Waals surface area contributed by atoms with Crippen molar-refractivity contribution < 1.29 is 24.2 Å². The first kappa shape index (κ1) is 21.9. The summed E-state index contributed by atoms with van der Waals surface area (Å²) in [6.45, 7) is 1.86. The number of benzene rings is 2. The first-order valence-electron chi connectivity index (χ1n) is 11.1. The van der Waals surface area contributed by atoms with Crippen molar-refractivity contribution in [3.8, 4) is 0 Å². The summed E-state index contributed by atoms with van der Waals surface area (Å²) in [4.78, 5) is 38.4. The fourth-order valence-corrected chi connectivity index (χ4v) is 4.94. The normalized spacial score (nSPS) is 22.4. The van der Waals surface area contributed by atoms with Crippen LogP contribution in [-0.2, 0) is 14.3 Å². The van der Waals surface area contributed by atoms with Crippen LogP contribution in [0.25, 0.3) is 0 Å². The molecule has 0 saturated heterocycles. The fraction of sp³-hybridized carbons (Fsp3) is 0.400. The van der Waals surface area contributed by atoms with E-state index in [0.29, 0.717) is 0 Å². The van der Waals surface area contributed by atoms with Gasteiger partial charge in [0.15, 0.2) is 0 Å². The summed E-state index contributed by atoms with van der Waals surface area (Å²) in [5.41, 5.74) is 2.53. The molecule has 4 unspecified atom stereocenters. The van der Waals surface area contributed by atoms with Crippen molar-refractivity contribution in [3.05, 3.63) is 65.7 Å². The molecule has 1 aliphatic heterocycles. The van der Waals surface area contributed by atoms with Crippen LogP contribution in [-0.4, -0.2) is 29.1 Å². The van der Waals surface area contributed by atoms with E-state index in [2.05, 4.69) is 5.32 Å². The zero-order chi connectivity index (χ0) is 22.7. The Balaban J connectivity index is 1.59. The maximum absolute atomic E-state index is 13.3. The van der Waals surface area contributed by atoms with E-state index in [-0.39, 0.29) is 48.9 Å². The molecule has 7 heteroatoms. The Kier molecular flexibility index (Phi) is 6.44. The molecule has 2 aromatic carbocycles. The molecule has 1 aliphatic carbocycles. The number of carboxylic acid groups (broad SMARTS) is 1. The van der Waals surface area contributed by atoms with E-state index < -0.39 is 5.97 Å². The number of hydrogen-bond donors (Lipinski definition) is 2. The smallest absolute Gasteiger partial charge is 0.415 e. The number of fused-ring (bicyclic) bond motifs is 2. The third-order valence-electron chi connectivity index (χ3n) is 6.45. The van der Waals surface area contributed by atoms with E-state index >= 15 is 0 Å². The molecule has 4 atom stereocenters. The Hall–Kier alpha value is -3.35. The Bertz CT molecular complexity index is 993. The molecule has 4 rings (SSSR count). The summed E-state index contributed by atoms with van der Waals surface area (Å²) in [6, 6.07) is 16.9. The van der Waals surface area contributed by atoms with Crippen LogP contribution in [0.4, 0.5) is 10.5 Å². The van der Waals surface area contributed by atoms with E-state index in [9.17, 15) is 14.4 Å². The zero-order valence-corrected chi connectivity index (χ0v) is 18.1. The third-order valence-corrected chi connectivity index (χ3v) is 6.45. The number of carboxylic acids is 1. The van der Waals surface area contributed by atoms with Gasteiger partial charge < -0.3 is 15.2 Å². The predicted molar refractivity (Wildman–Crippen MR) is 119 cm³/mol. The second-order valence-corrected chi connectivity index (χ2v) is 8.47. The van der Waals surface area contributed by atoms with Gasteiger partial charge in [0.1, 0.15) is 6.10 Å². The van der Waals surface area contributed by atoms with Crippen molar-refractivity contribution in [1.29, 1.82) is 0 Å². The molecule has 2 amide bonds. The molecule has 2 N–H and O–H groups in total. The van der Waals surface area contributed by atoms with Crippen LogP contribution in [0.5, 0.6) is 0 Å². The summed E-state index contributed by atoms with van der Waals surface area (Å²) in [5, 5.41) is 11.9. The predicted octanol–water partition coefficient (Wildman–Crippen LogP) is 4.60. The molecular formula is C25H28N2O5. The summed E-state index contributed by atoms with van der Waals surface area (Å²) in [6.07, 6.45) is 1.61. The van der Waals surface area contributed by atoms with E-state index in [4.69, 9.17) is 9.84 Å². The van der Waals surface area contributed by atoms with Crippen LogP contribution >= 0.6 is 0 Å². The molecule has 2 aromatic rings. The lowest BCUT2D eigenvalue weighted by Gasteiger charge is -2.43. The quantitative estimate of drug-likeness (QED) is 0.690. The van der Waals surface area contributed by atoms with Gasteiger partial charge in [0.2, 0.25) is 5.91 Å². The standard InChI is InChI=1S/C25H28N2O5/c1-16(17-8-3-2-4-9-17)32-25(31)27-20-12-6-5-10-18(20)24(19-11-7-13-21(19)27)26-22(28)14-15-23(29)30/h2-6,8-10,12,16,19,21,24H,7,11,13-15H2,1H3,(H,26,28)(H,29,30). The molecule has 0 radical (unpaired) electrons. The van der Waals surface area contributed by atoms with Crippen molar-refractivity contribution in [2.45, 2.75) is 57.2 Å². The van der Waals surface area contributed by atoms with Crippen molar-refractivity contribution in [2.75, 3.05) is 4.90 Å². The Labute approximate surface area is 187 Å². The van der Waals surface area contributed by atoms with Crippen LogP contribution in [0.1, 0.15) is 62.3 Å². The molecular weight excluding hydrogens is 408 g/mol. The second-order valence-electron chi connectivity index (χ2n) is 8.47. The number of para-hydroxylation sites is 1. The highest BCUT2D eigenvalue weighted by atomic mass is 16.6. The number of nitrogens with zero attached hydrogens (tertiary/aromatic N) is 1. The number of carbonyl (C=O) groups is 3. The van der Waals surface area contributed by atoms with Gasteiger partial charge in [-0.3, -0.25) is 14.5 Å². The van der Waals surface area contributed by atoms with Crippen LogP contribution < -0.4 is 10.2 Å². The molecule has 1 fully saturated rings. The van der Waals surface area contributed by atoms with Crippen molar-refractivity contribution in [1.82, 2.24) is 5.32 Å². The van der Waals surface area contributed by atoms with Crippen LogP contribution in [0.2, 0.25) is 0 Å². The number of rotatable bonds is 6. The van der Waals surface area contributed by atoms with Gasteiger partial charge in [-0.05, 0) is 37.0 Å². The highest BCUT2D eigenvalue weighted by Gasteiger charge is 2.47. The Morgan fingerprint density at radius 1 is 1.06 bits per heavy atom. The second kappa shape index (κ2) is 9.42. The van der Waals surface area contributed by atoms with Gasteiger partial charge in [-0.1, -0.05) is 55.0 Å². The minimum Gasteiger partial charge on any atom is -0.481 e.